The van der Waals surface area contributed by atoms with Crippen LogP contribution >= 0.6 is 0 Å². The van der Waals surface area contributed by atoms with Gasteiger partial charge in [-0.15, -0.1) is 0 Å². The summed E-state index contributed by atoms with van der Waals surface area (Å²) in [6, 6.07) is 0. The molecule has 1 N–H and O–H groups in total. The van der Waals surface area contributed by atoms with Crippen LogP contribution in [-0.4, -0.2) is 26.0 Å². The van der Waals surface area contributed by atoms with Crippen LogP contribution in [0.25, 0.3) is 0 Å². The molecule has 0 saturated heterocycles. The summed E-state index contributed by atoms with van der Waals surface area (Å²) < 4.78 is 4.40. The van der Waals surface area contributed by atoms with E-state index in [9.17, 15) is 9.59 Å². The van der Waals surface area contributed by atoms with E-state index in [0.29, 0.717) is 13.0 Å². The number of nitrogens with one attached hydrogen (secondary N) is 1. The Balaban J connectivity index is 2.99. The van der Waals surface area contributed by atoms with Crippen molar-refractivity contribution in [3.63, 3.8) is 0 Å². The Labute approximate surface area is 78.6 Å². The van der Waals surface area contributed by atoms with Gasteiger partial charge < -0.3 is 14.8 Å². The van der Waals surface area contributed by atoms with Gasteiger partial charge >= 0.3 is 6.09 Å². The van der Waals surface area contributed by atoms with E-state index < -0.39 is 0 Å². The molecule has 0 aromatic heterocycles. The highest BCUT2D eigenvalue weighted by atomic mass is 16.5. The topological polar surface area (TPSA) is 55.4 Å². The summed E-state index contributed by atoms with van der Waals surface area (Å²) in [5.74, 6) is 0. The molecule has 0 saturated carbocycles. The minimum absolute atomic E-state index is 0.382. The Morgan fingerprint density at radius 3 is 2.62 bits per heavy atom. The lowest BCUT2D eigenvalue weighted by atomic mass is 10.1. The second-order valence-corrected chi connectivity index (χ2v) is 2.79. The second kappa shape index (κ2) is 9.03. The molecule has 76 valence electrons. The van der Waals surface area contributed by atoms with Gasteiger partial charge in [-0.1, -0.05) is 12.8 Å². The quantitative estimate of drug-likeness (QED) is 0.485. The molecule has 1 amide bonds. The molecule has 0 aromatic rings. The molecule has 0 radical (unpaired) electrons. The number of hydrogen-bond acceptors (Lipinski definition) is 3. The molecule has 0 bridgehead atoms. The SMILES string of the molecule is COC(=O)NCCCCCCC=O. The first-order valence-corrected chi connectivity index (χ1v) is 4.56. The number of carbonyl (C=O) groups is 2. The van der Waals surface area contributed by atoms with E-state index in [-0.39, 0.29) is 6.09 Å². The summed E-state index contributed by atoms with van der Waals surface area (Å²) in [5, 5.41) is 2.59. The predicted octanol–water partition coefficient (Wildman–Crippen LogP) is 1.49. The maximum absolute atomic E-state index is 10.6. The van der Waals surface area contributed by atoms with Gasteiger partial charge in [0, 0.05) is 13.0 Å². The van der Waals surface area contributed by atoms with Gasteiger partial charge in [-0.25, -0.2) is 4.79 Å². The van der Waals surface area contributed by atoms with Crippen LogP contribution in [-0.2, 0) is 9.53 Å². The number of hydrogen-bond donors (Lipinski definition) is 1. The Kier molecular flexibility index (Phi) is 8.30. The molecule has 0 unspecified atom stereocenters. The molecule has 0 atom stereocenters. The lowest BCUT2D eigenvalue weighted by Crippen LogP contribution is -2.23. The lowest BCUT2D eigenvalue weighted by molar-refractivity contribution is -0.107. The van der Waals surface area contributed by atoms with Crippen LogP contribution in [0.15, 0.2) is 0 Å². The number of methoxy groups -OCH3 is 1. The largest absolute Gasteiger partial charge is 0.453 e. The van der Waals surface area contributed by atoms with Gasteiger partial charge in [0.25, 0.3) is 0 Å². The standard InChI is InChI=1S/C9H17NO3/c1-13-9(12)10-7-5-3-2-4-6-8-11/h8H,2-7H2,1H3,(H,10,12). The molecule has 4 nitrogen and oxygen atoms in total. The minimum Gasteiger partial charge on any atom is -0.453 e. The number of carbonyl (C=O) groups excluding carboxylic acids is 2. The van der Waals surface area contributed by atoms with E-state index in [1.807, 2.05) is 0 Å². The van der Waals surface area contributed by atoms with Gasteiger partial charge in [-0.2, -0.15) is 0 Å². The van der Waals surface area contributed by atoms with Crippen molar-refractivity contribution < 1.29 is 14.3 Å². The number of aldehydes is 1. The maximum atomic E-state index is 10.6. The molecule has 0 aromatic carbocycles. The highest BCUT2D eigenvalue weighted by Crippen LogP contribution is 2.00. The van der Waals surface area contributed by atoms with E-state index in [0.717, 1.165) is 32.0 Å². The first-order valence-electron chi connectivity index (χ1n) is 4.56. The second-order valence-electron chi connectivity index (χ2n) is 2.79. The molecule has 13 heavy (non-hydrogen) atoms. The molecular weight excluding hydrogens is 170 g/mol. The van der Waals surface area contributed by atoms with Crippen LogP contribution in [0.2, 0.25) is 0 Å². The maximum Gasteiger partial charge on any atom is 0.406 e. The summed E-state index contributed by atoms with van der Waals surface area (Å²) in [7, 11) is 1.35. The number of unbranched alkanes of at least 4 members (excludes halogenated alkanes) is 4. The fourth-order valence-corrected chi connectivity index (χ4v) is 0.969. The number of amides is 1. The third kappa shape index (κ3) is 8.85. The van der Waals surface area contributed by atoms with Crippen molar-refractivity contribution >= 4 is 12.4 Å². The van der Waals surface area contributed by atoms with E-state index >= 15 is 0 Å². The lowest BCUT2D eigenvalue weighted by Gasteiger charge is -2.02. The number of rotatable bonds is 7. The van der Waals surface area contributed by atoms with Gasteiger partial charge in [0.1, 0.15) is 6.29 Å². The fourth-order valence-electron chi connectivity index (χ4n) is 0.969. The highest BCUT2D eigenvalue weighted by molar-refractivity contribution is 5.66. The van der Waals surface area contributed by atoms with Crippen molar-refractivity contribution in [2.24, 2.45) is 0 Å². The van der Waals surface area contributed by atoms with Crippen molar-refractivity contribution in [2.45, 2.75) is 32.1 Å². The van der Waals surface area contributed by atoms with Gasteiger partial charge in [-0.05, 0) is 12.8 Å². The zero-order valence-corrected chi connectivity index (χ0v) is 8.04. The molecule has 0 aliphatic heterocycles. The van der Waals surface area contributed by atoms with E-state index in [2.05, 4.69) is 10.1 Å². The normalized spacial score (nSPS) is 9.31. The van der Waals surface area contributed by atoms with Crippen LogP contribution in [0.4, 0.5) is 4.79 Å². The van der Waals surface area contributed by atoms with E-state index in [4.69, 9.17) is 0 Å². The van der Waals surface area contributed by atoms with Crippen molar-refractivity contribution in [3.05, 3.63) is 0 Å². The van der Waals surface area contributed by atoms with E-state index in [1.165, 1.54) is 7.11 Å². The van der Waals surface area contributed by atoms with Crippen LogP contribution in [0, 0.1) is 0 Å². The van der Waals surface area contributed by atoms with Gasteiger partial charge in [0.2, 0.25) is 0 Å². The van der Waals surface area contributed by atoms with E-state index in [1.54, 1.807) is 0 Å². The molecule has 0 aliphatic carbocycles. The zero-order chi connectivity index (χ0) is 9.94. The monoisotopic (exact) mass is 187 g/mol. The Morgan fingerprint density at radius 2 is 2.00 bits per heavy atom. The average Bonchev–Trinajstić information content (AvgIpc) is 2.16. The fraction of sp³-hybridized carbons (Fsp3) is 0.778. The molecule has 4 heteroatoms. The van der Waals surface area contributed by atoms with Crippen molar-refractivity contribution in [2.75, 3.05) is 13.7 Å². The van der Waals surface area contributed by atoms with Gasteiger partial charge in [0.05, 0.1) is 7.11 Å². The first-order chi connectivity index (χ1) is 6.31. The van der Waals surface area contributed by atoms with Crippen LogP contribution < -0.4 is 5.32 Å². The van der Waals surface area contributed by atoms with Crippen molar-refractivity contribution in [3.8, 4) is 0 Å². The zero-order valence-electron chi connectivity index (χ0n) is 8.04. The van der Waals surface area contributed by atoms with Crippen LogP contribution in [0.1, 0.15) is 32.1 Å². The van der Waals surface area contributed by atoms with Crippen LogP contribution in [0.3, 0.4) is 0 Å². The smallest absolute Gasteiger partial charge is 0.406 e. The number of ether oxygens (including phenoxy) is 1. The van der Waals surface area contributed by atoms with Gasteiger partial charge in [-0.3, -0.25) is 0 Å². The molecule has 0 rings (SSSR count). The highest BCUT2D eigenvalue weighted by Gasteiger charge is 1.95. The Hall–Kier alpha value is -1.06. The Morgan fingerprint density at radius 1 is 1.31 bits per heavy atom. The minimum atomic E-state index is -0.382. The summed E-state index contributed by atoms with van der Waals surface area (Å²) in [6.07, 6.45) is 5.17. The van der Waals surface area contributed by atoms with Crippen molar-refractivity contribution in [1.29, 1.82) is 0 Å². The van der Waals surface area contributed by atoms with Crippen molar-refractivity contribution in [1.82, 2.24) is 5.32 Å². The molecule has 0 heterocycles. The summed E-state index contributed by atoms with van der Waals surface area (Å²) in [6.45, 7) is 0.647. The average molecular weight is 187 g/mol. The Bertz CT molecular complexity index is 148. The predicted molar refractivity (Wildman–Crippen MR) is 49.6 cm³/mol. The summed E-state index contributed by atoms with van der Waals surface area (Å²) in [5.41, 5.74) is 0. The molecular formula is C9H17NO3. The molecule has 0 spiro atoms. The van der Waals surface area contributed by atoms with Crippen LogP contribution in [0.5, 0.6) is 0 Å². The third-order valence-electron chi connectivity index (χ3n) is 1.70. The van der Waals surface area contributed by atoms with Gasteiger partial charge in [0.15, 0.2) is 0 Å². The summed E-state index contributed by atoms with van der Waals surface area (Å²) >= 11 is 0. The summed E-state index contributed by atoms with van der Waals surface area (Å²) in [4.78, 5) is 20.5. The molecule has 0 fully saturated rings. The molecule has 0 aliphatic rings. The third-order valence-corrected chi connectivity index (χ3v) is 1.70. The first kappa shape index (κ1) is 11.9. The number of alkyl carbamates (subject to hydrolysis) is 1.